The van der Waals surface area contributed by atoms with Crippen LogP contribution in [0.15, 0.2) is 59.8 Å². The maximum atomic E-state index is 12.9. The van der Waals surface area contributed by atoms with E-state index in [1.54, 1.807) is 0 Å². The Morgan fingerprint density at radius 2 is 1.74 bits per heavy atom. The molecule has 2 N–H and O–H groups in total. The predicted octanol–water partition coefficient (Wildman–Crippen LogP) is 3.74. The molecular weight excluding hydrogens is 415 g/mol. The van der Waals surface area contributed by atoms with E-state index in [0.29, 0.717) is 5.69 Å². The lowest BCUT2D eigenvalue weighted by Gasteiger charge is -2.15. The molecule has 0 bridgehead atoms. The molecule has 0 unspecified atom stereocenters. The highest BCUT2D eigenvalue weighted by Gasteiger charge is 2.21. The van der Waals surface area contributed by atoms with E-state index < -0.39 is 0 Å². The van der Waals surface area contributed by atoms with E-state index in [2.05, 4.69) is 15.2 Å². The molecule has 160 valence electrons. The fourth-order valence-corrected chi connectivity index (χ4v) is 4.44. The van der Waals surface area contributed by atoms with Crippen LogP contribution in [0.1, 0.15) is 24.2 Å². The highest BCUT2D eigenvalue weighted by Crippen LogP contribution is 2.30. The number of carbonyl (C=O) groups excluding carboxylic acids is 2. The van der Waals surface area contributed by atoms with Crippen LogP contribution in [0.4, 0.5) is 10.1 Å². The van der Waals surface area contributed by atoms with Gasteiger partial charge in [0.2, 0.25) is 11.8 Å². The first-order valence-electron chi connectivity index (χ1n) is 10.2. The number of aromatic nitrogens is 2. The molecule has 2 aromatic carbocycles. The highest BCUT2D eigenvalue weighted by molar-refractivity contribution is 7.99. The molecule has 0 atom stereocenters. The number of carbonyl (C=O) groups is 2. The first-order valence-corrected chi connectivity index (χ1v) is 11.2. The van der Waals surface area contributed by atoms with Gasteiger partial charge in [0.15, 0.2) is 5.16 Å². The number of fused-ring (bicyclic) bond motifs is 1. The Labute approximate surface area is 184 Å². The summed E-state index contributed by atoms with van der Waals surface area (Å²) in [6.45, 7) is -0.152. The zero-order chi connectivity index (χ0) is 21.6. The first kappa shape index (κ1) is 21.1. The molecule has 8 heteroatoms. The van der Waals surface area contributed by atoms with E-state index in [0.717, 1.165) is 42.2 Å². The van der Waals surface area contributed by atoms with Crippen LogP contribution in [0.25, 0.3) is 5.69 Å². The number of hydrogen-bond acceptors (Lipinski definition) is 4. The number of rotatable bonds is 7. The van der Waals surface area contributed by atoms with Gasteiger partial charge in [0.25, 0.3) is 0 Å². The molecule has 1 heterocycles. The zero-order valence-electron chi connectivity index (χ0n) is 16.9. The van der Waals surface area contributed by atoms with Crippen LogP contribution in [0.2, 0.25) is 0 Å². The van der Waals surface area contributed by atoms with E-state index in [4.69, 9.17) is 4.98 Å². The van der Waals surface area contributed by atoms with Crippen LogP contribution < -0.4 is 10.6 Å². The standard InChI is InChI=1S/C23H23FN4O2S/c24-16-10-12-17(13-11-16)26-21(29)14-25-22(30)15-31-23-27-19-8-4-5-9-20(19)28(23)18-6-2-1-3-7-18/h1-3,6-7,10-13H,4-5,8-9,14-15H2,(H,25,30)(H,26,29). The van der Waals surface area contributed by atoms with Crippen molar-refractivity contribution in [3.8, 4) is 5.69 Å². The summed E-state index contributed by atoms with van der Waals surface area (Å²) in [5.74, 6) is -0.836. The number of imidazole rings is 1. The Hall–Kier alpha value is -3.13. The number of hydrogen-bond donors (Lipinski definition) is 2. The topological polar surface area (TPSA) is 76.0 Å². The largest absolute Gasteiger partial charge is 0.346 e. The fraction of sp³-hybridized carbons (Fsp3) is 0.261. The lowest BCUT2D eigenvalue weighted by atomic mass is 10.0. The van der Waals surface area contributed by atoms with E-state index in [1.165, 1.54) is 41.7 Å². The number of nitrogens with zero attached hydrogens (tertiary/aromatic N) is 2. The second kappa shape index (κ2) is 9.78. The summed E-state index contributed by atoms with van der Waals surface area (Å²) in [7, 11) is 0. The first-order chi connectivity index (χ1) is 15.1. The van der Waals surface area contributed by atoms with Gasteiger partial charge >= 0.3 is 0 Å². The minimum atomic E-state index is -0.376. The molecule has 0 saturated carbocycles. The number of halogens is 1. The van der Waals surface area contributed by atoms with E-state index in [-0.39, 0.29) is 29.9 Å². The molecule has 1 aliphatic rings. The summed E-state index contributed by atoms with van der Waals surface area (Å²) in [4.78, 5) is 29.1. The normalized spacial score (nSPS) is 12.8. The van der Waals surface area contributed by atoms with Gasteiger partial charge in [-0.25, -0.2) is 9.37 Å². The van der Waals surface area contributed by atoms with Crippen LogP contribution in [0, 0.1) is 5.82 Å². The monoisotopic (exact) mass is 438 g/mol. The van der Waals surface area contributed by atoms with Crippen molar-refractivity contribution in [2.75, 3.05) is 17.6 Å². The van der Waals surface area contributed by atoms with Crippen molar-refractivity contribution in [1.82, 2.24) is 14.9 Å². The maximum absolute atomic E-state index is 12.9. The third-order valence-corrected chi connectivity index (χ3v) is 5.96. The number of aryl methyl sites for hydroxylation is 1. The van der Waals surface area contributed by atoms with E-state index in [1.807, 2.05) is 30.3 Å². The smallest absolute Gasteiger partial charge is 0.243 e. The average Bonchev–Trinajstić information content (AvgIpc) is 3.17. The van der Waals surface area contributed by atoms with Crippen LogP contribution in [-0.2, 0) is 22.4 Å². The van der Waals surface area contributed by atoms with Crippen LogP contribution in [0.5, 0.6) is 0 Å². The molecule has 0 spiro atoms. The van der Waals surface area contributed by atoms with Gasteiger partial charge in [0.05, 0.1) is 18.0 Å². The minimum Gasteiger partial charge on any atom is -0.346 e. The Morgan fingerprint density at radius 1 is 1.00 bits per heavy atom. The van der Waals surface area contributed by atoms with Crippen molar-refractivity contribution >= 4 is 29.3 Å². The zero-order valence-corrected chi connectivity index (χ0v) is 17.8. The van der Waals surface area contributed by atoms with Crippen molar-refractivity contribution in [1.29, 1.82) is 0 Å². The van der Waals surface area contributed by atoms with Crippen molar-refractivity contribution in [3.05, 3.63) is 71.8 Å². The number of thioether (sulfide) groups is 1. The molecule has 0 aliphatic heterocycles. The third kappa shape index (κ3) is 5.32. The summed E-state index contributed by atoms with van der Waals surface area (Å²) < 4.78 is 15.1. The van der Waals surface area contributed by atoms with Gasteiger partial charge in [0, 0.05) is 17.1 Å². The van der Waals surface area contributed by atoms with Crippen LogP contribution in [0.3, 0.4) is 0 Å². The van der Waals surface area contributed by atoms with Gasteiger partial charge in [-0.1, -0.05) is 30.0 Å². The van der Waals surface area contributed by atoms with E-state index in [9.17, 15) is 14.0 Å². The van der Waals surface area contributed by atoms with Crippen LogP contribution in [-0.4, -0.2) is 33.7 Å². The number of para-hydroxylation sites is 1. The Morgan fingerprint density at radius 3 is 2.52 bits per heavy atom. The SMILES string of the molecule is O=C(CSc1nc2c(n1-c1ccccc1)CCCC2)NCC(=O)Nc1ccc(F)cc1. The lowest BCUT2D eigenvalue weighted by Crippen LogP contribution is -2.33. The van der Waals surface area contributed by atoms with E-state index >= 15 is 0 Å². The summed E-state index contributed by atoms with van der Waals surface area (Å²) in [5, 5.41) is 6.04. The molecule has 1 aromatic heterocycles. The molecule has 1 aliphatic carbocycles. The molecule has 31 heavy (non-hydrogen) atoms. The average molecular weight is 439 g/mol. The molecule has 0 saturated heterocycles. The quantitative estimate of drug-likeness (QED) is 0.551. The Bertz CT molecular complexity index is 1070. The van der Waals surface area contributed by atoms with Crippen molar-refractivity contribution in [3.63, 3.8) is 0 Å². The van der Waals surface area contributed by atoms with Crippen LogP contribution >= 0.6 is 11.8 Å². The molecule has 4 rings (SSSR count). The molecule has 3 aromatic rings. The maximum Gasteiger partial charge on any atom is 0.243 e. The minimum absolute atomic E-state index is 0.152. The molecular formula is C23H23FN4O2S. The predicted molar refractivity (Wildman–Crippen MR) is 119 cm³/mol. The fourth-order valence-electron chi connectivity index (χ4n) is 3.55. The van der Waals surface area contributed by atoms with Gasteiger partial charge in [-0.05, 0) is 62.1 Å². The summed E-state index contributed by atoms with van der Waals surface area (Å²) in [5.41, 5.74) is 3.85. The number of nitrogens with one attached hydrogen (secondary N) is 2. The molecule has 0 radical (unpaired) electrons. The summed E-state index contributed by atoms with van der Waals surface area (Å²) in [6.07, 6.45) is 4.21. The van der Waals surface area contributed by atoms with Gasteiger partial charge in [0.1, 0.15) is 5.82 Å². The number of anilines is 1. The van der Waals surface area contributed by atoms with Gasteiger partial charge in [-0.2, -0.15) is 0 Å². The molecule has 6 nitrogen and oxygen atoms in total. The second-order valence-electron chi connectivity index (χ2n) is 7.29. The van der Waals surface area contributed by atoms with Gasteiger partial charge < -0.3 is 10.6 Å². The van der Waals surface area contributed by atoms with Crippen molar-refractivity contribution in [2.24, 2.45) is 0 Å². The second-order valence-corrected chi connectivity index (χ2v) is 8.23. The molecule has 0 fully saturated rings. The van der Waals surface area contributed by atoms with Gasteiger partial charge in [-0.3, -0.25) is 14.2 Å². The highest BCUT2D eigenvalue weighted by atomic mass is 32.2. The van der Waals surface area contributed by atoms with Crippen molar-refractivity contribution in [2.45, 2.75) is 30.8 Å². The third-order valence-electron chi connectivity index (χ3n) is 5.02. The summed E-state index contributed by atoms with van der Waals surface area (Å²) in [6, 6.07) is 15.5. The lowest BCUT2D eigenvalue weighted by molar-refractivity contribution is -0.122. The number of benzene rings is 2. The number of amides is 2. The van der Waals surface area contributed by atoms with Crippen molar-refractivity contribution < 1.29 is 14.0 Å². The molecule has 2 amide bonds. The Balaban J connectivity index is 1.35. The van der Waals surface area contributed by atoms with Gasteiger partial charge in [-0.15, -0.1) is 0 Å². The Kier molecular flexibility index (Phi) is 6.66. The summed E-state index contributed by atoms with van der Waals surface area (Å²) >= 11 is 1.37.